The monoisotopic (exact) mass is 592 g/mol. The van der Waals surface area contributed by atoms with Crippen LogP contribution in [0.2, 0.25) is 0 Å². The number of hydrogen-bond acceptors (Lipinski definition) is 5. The van der Waals surface area contributed by atoms with Gasteiger partial charge in [0, 0.05) is 25.3 Å². The molecule has 5 rings (SSSR count). The van der Waals surface area contributed by atoms with E-state index in [1.54, 1.807) is 14.2 Å². The maximum Gasteiger partial charge on any atom is 0.319 e. The van der Waals surface area contributed by atoms with E-state index in [-0.39, 0.29) is 29.9 Å². The molecule has 0 saturated carbocycles. The molecule has 8 nitrogen and oxygen atoms in total. The van der Waals surface area contributed by atoms with Crippen LogP contribution in [0.1, 0.15) is 42.9 Å². The molecule has 0 aromatic heterocycles. The second kappa shape index (κ2) is 14.4. The molecular formula is C33H41ClN4O4. The van der Waals surface area contributed by atoms with Crippen LogP contribution in [0.15, 0.2) is 78.9 Å². The molecule has 2 heterocycles. The Morgan fingerprint density at radius 1 is 0.857 bits per heavy atom. The van der Waals surface area contributed by atoms with Crippen LogP contribution in [-0.2, 0) is 11.3 Å². The van der Waals surface area contributed by atoms with Crippen LogP contribution >= 0.6 is 12.4 Å². The summed E-state index contributed by atoms with van der Waals surface area (Å²) in [5, 5.41) is 6.09. The van der Waals surface area contributed by atoms with E-state index >= 15 is 0 Å². The number of anilines is 1. The summed E-state index contributed by atoms with van der Waals surface area (Å²) >= 11 is 0. The minimum Gasteiger partial charge on any atom is -0.497 e. The second-order valence-corrected chi connectivity index (χ2v) is 11.0. The molecular weight excluding hydrogens is 552 g/mol. The number of urea groups is 1. The summed E-state index contributed by atoms with van der Waals surface area (Å²) in [6, 6.07) is 25.0. The smallest absolute Gasteiger partial charge is 0.319 e. The van der Waals surface area contributed by atoms with E-state index < -0.39 is 0 Å². The molecule has 9 heteroatoms. The molecule has 3 amide bonds. The third-order valence-corrected chi connectivity index (χ3v) is 8.54. The number of piperidine rings is 1. The number of nitrogens with one attached hydrogen (secondary N) is 2. The van der Waals surface area contributed by atoms with Crippen molar-refractivity contribution in [1.82, 2.24) is 15.1 Å². The predicted octanol–water partition coefficient (Wildman–Crippen LogP) is 5.89. The van der Waals surface area contributed by atoms with E-state index in [1.807, 2.05) is 71.6 Å². The van der Waals surface area contributed by atoms with Crippen molar-refractivity contribution >= 4 is 30.0 Å². The molecule has 1 spiro atoms. The predicted molar refractivity (Wildman–Crippen MR) is 167 cm³/mol. The lowest BCUT2D eigenvalue weighted by Gasteiger charge is -2.38. The summed E-state index contributed by atoms with van der Waals surface area (Å²) < 4.78 is 10.5. The highest BCUT2D eigenvalue weighted by molar-refractivity contribution is 5.89. The van der Waals surface area contributed by atoms with Gasteiger partial charge in [-0.15, -0.1) is 12.4 Å². The Morgan fingerprint density at radius 3 is 2.07 bits per heavy atom. The van der Waals surface area contributed by atoms with Crippen LogP contribution < -0.4 is 20.1 Å². The number of ether oxygens (including phenoxy) is 2. The molecule has 224 valence electrons. The third kappa shape index (κ3) is 7.55. The van der Waals surface area contributed by atoms with Gasteiger partial charge in [-0.3, -0.25) is 4.79 Å². The Labute approximate surface area is 254 Å². The van der Waals surface area contributed by atoms with Crippen LogP contribution in [0.3, 0.4) is 0 Å². The molecule has 3 aromatic rings. The van der Waals surface area contributed by atoms with Gasteiger partial charge in [0.15, 0.2) is 0 Å². The topological polar surface area (TPSA) is 83.1 Å². The van der Waals surface area contributed by atoms with Crippen LogP contribution in [0.5, 0.6) is 11.5 Å². The van der Waals surface area contributed by atoms with Gasteiger partial charge in [0.1, 0.15) is 11.5 Å². The van der Waals surface area contributed by atoms with Gasteiger partial charge in [0.25, 0.3) is 0 Å². The highest BCUT2D eigenvalue weighted by Gasteiger charge is 2.47. The number of likely N-dealkylation sites (tertiary alicyclic amines) is 2. The van der Waals surface area contributed by atoms with Crippen molar-refractivity contribution in [2.45, 2.75) is 38.3 Å². The number of amides is 3. The van der Waals surface area contributed by atoms with Gasteiger partial charge in [-0.05, 0) is 86.3 Å². The SMILES string of the molecule is COc1ccc(CN2CCC3(CCN(CCC(NC(=O)Nc4ccc(OC)cc4)c4ccccc4)CC3)C2=O)cc1.Cl. The van der Waals surface area contributed by atoms with E-state index in [9.17, 15) is 9.59 Å². The number of carbonyl (C=O) groups is 2. The van der Waals surface area contributed by atoms with Crippen molar-refractivity contribution in [1.29, 1.82) is 0 Å². The standard InChI is InChI=1S/C33H40N4O4.ClH/c1-40-28-12-8-25(9-13-28)24-37-23-19-33(31(37)38)17-21-36(22-18-33)20-16-30(26-6-4-3-5-7-26)35-32(39)34-27-10-14-29(41-2)15-11-27;/h3-15,30H,16-24H2,1-2H3,(H2,34,35,39);1H. The summed E-state index contributed by atoms with van der Waals surface area (Å²) in [6.45, 7) is 4.09. The van der Waals surface area contributed by atoms with E-state index in [0.29, 0.717) is 18.1 Å². The zero-order valence-electron chi connectivity index (χ0n) is 24.4. The molecule has 3 aromatic carbocycles. The minimum absolute atomic E-state index is 0. The van der Waals surface area contributed by atoms with Crippen molar-refractivity contribution in [3.05, 3.63) is 90.0 Å². The van der Waals surface area contributed by atoms with E-state index in [0.717, 1.165) is 74.5 Å². The van der Waals surface area contributed by atoms with E-state index in [4.69, 9.17) is 9.47 Å². The molecule has 0 radical (unpaired) electrons. The number of carbonyl (C=O) groups excluding carboxylic acids is 2. The van der Waals surface area contributed by atoms with Crippen LogP contribution in [0, 0.1) is 5.41 Å². The molecule has 42 heavy (non-hydrogen) atoms. The Hall–Kier alpha value is -3.75. The molecule has 2 saturated heterocycles. The zero-order chi connectivity index (χ0) is 28.7. The van der Waals surface area contributed by atoms with Gasteiger partial charge in [-0.1, -0.05) is 42.5 Å². The lowest BCUT2D eigenvalue weighted by molar-refractivity contribution is -0.138. The van der Waals surface area contributed by atoms with Crippen molar-refractivity contribution in [2.75, 3.05) is 45.7 Å². The van der Waals surface area contributed by atoms with Gasteiger partial charge in [-0.2, -0.15) is 0 Å². The fourth-order valence-electron chi connectivity index (χ4n) is 5.98. The van der Waals surface area contributed by atoms with Crippen LogP contribution in [0.4, 0.5) is 10.5 Å². The number of benzene rings is 3. The molecule has 2 N–H and O–H groups in total. The summed E-state index contributed by atoms with van der Waals surface area (Å²) in [4.78, 5) is 30.8. The lowest BCUT2D eigenvalue weighted by Crippen LogP contribution is -2.45. The molecule has 2 aliphatic heterocycles. The maximum atomic E-state index is 13.5. The first-order chi connectivity index (χ1) is 20.0. The van der Waals surface area contributed by atoms with Crippen molar-refractivity contribution < 1.29 is 19.1 Å². The number of halogens is 1. The normalized spacial score (nSPS) is 16.9. The van der Waals surface area contributed by atoms with Crippen molar-refractivity contribution in [2.24, 2.45) is 5.41 Å². The molecule has 0 aliphatic carbocycles. The number of methoxy groups -OCH3 is 2. The zero-order valence-corrected chi connectivity index (χ0v) is 25.2. The van der Waals surface area contributed by atoms with E-state index in [2.05, 4.69) is 27.7 Å². The number of rotatable bonds is 10. The Morgan fingerprint density at radius 2 is 1.45 bits per heavy atom. The van der Waals surface area contributed by atoms with Crippen molar-refractivity contribution in [3.8, 4) is 11.5 Å². The fraction of sp³-hybridized carbons (Fsp3) is 0.394. The minimum atomic E-state index is -0.241. The van der Waals surface area contributed by atoms with Gasteiger partial charge < -0.3 is 29.9 Å². The lowest BCUT2D eigenvalue weighted by atomic mass is 9.77. The Kier molecular flexibility index (Phi) is 10.7. The highest BCUT2D eigenvalue weighted by atomic mass is 35.5. The van der Waals surface area contributed by atoms with Crippen molar-refractivity contribution in [3.63, 3.8) is 0 Å². The largest absolute Gasteiger partial charge is 0.497 e. The first-order valence-corrected chi connectivity index (χ1v) is 14.4. The van der Waals surface area contributed by atoms with Crippen LogP contribution in [0.25, 0.3) is 0 Å². The summed E-state index contributed by atoms with van der Waals surface area (Å²) in [5.41, 5.74) is 2.67. The third-order valence-electron chi connectivity index (χ3n) is 8.54. The van der Waals surface area contributed by atoms with Gasteiger partial charge in [0.2, 0.25) is 5.91 Å². The molecule has 0 bridgehead atoms. The number of hydrogen-bond donors (Lipinski definition) is 2. The Balaban J connectivity index is 0.00000405. The van der Waals surface area contributed by atoms with Gasteiger partial charge >= 0.3 is 6.03 Å². The van der Waals surface area contributed by atoms with Gasteiger partial charge in [0.05, 0.1) is 25.7 Å². The number of nitrogens with zero attached hydrogens (tertiary/aromatic N) is 2. The maximum absolute atomic E-state index is 13.5. The van der Waals surface area contributed by atoms with E-state index in [1.165, 1.54) is 0 Å². The highest BCUT2D eigenvalue weighted by Crippen LogP contribution is 2.42. The molecule has 2 fully saturated rings. The summed E-state index contributed by atoms with van der Waals surface area (Å²) in [7, 11) is 3.28. The van der Waals surface area contributed by atoms with Crippen LogP contribution in [-0.4, -0.2) is 62.1 Å². The first kappa shape index (κ1) is 31.2. The average Bonchev–Trinajstić information content (AvgIpc) is 3.31. The second-order valence-electron chi connectivity index (χ2n) is 11.0. The Bertz CT molecular complexity index is 1300. The summed E-state index contributed by atoms with van der Waals surface area (Å²) in [6.07, 6.45) is 3.47. The summed E-state index contributed by atoms with van der Waals surface area (Å²) in [5.74, 6) is 1.87. The quantitative estimate of drug-likeness (QED) is 0.307. The van der Waals surface area contributed by atoms with Gasteiger partial charge in [-0.25, -0.2) is 4.79 Å². The first-order valence-electron chi connectivity index (χ1n) is 14.4. The fourth-order valence-corrected chi connectivity index (χ4v) is 5.98. The average molecular weight is 593 g/mol. The molecule has 1 unspecified atom stereocenters. The molecule has 1 atom stereocenters. The molecule has 2 aliphatic rings.